The molecule has 1 amide bonds. The van der Waals surface area contributed by atoms with Crippen molar-refractivity contribution in [3.63, 3.8) is 0 Å². The van der Waals surface area contributed by atoms with Crippen LogP contribution in [0.2, 0.25) is 0 Å². The van der Waals surface area contributed by atoms with Crippen LogP contribution in [0.5, 0.6) is 0 Å². The van der Waals surface area contributed by atoms with E-state index in [0.29, 0.717) is 32.7 Å². The van der Waals surface area contributed by atoms with Gasteiger partial charge in [0.25, 0.3) is 0 Å². The number of aromatic amines is 1. The molecule has 1 aromatic heterocycles. The third kappa shape index (κ3) is 4.12. The van der Waals surface area contributed by atoms with E-state index in [1.54, 1.807) is 6.20 Å². The van der Waals surface area contributed by atoms with Gasteiger partial charge in [-0.3, -0.25) is 9.69 Å². The van der Waals surface area contributed by atoms with Crippen molar-refractivity contribution < 1.29 is 9.53 Å². The fourth-order valence-corrected chi connectivity index (χ4v) is 1.69. The number of amides is 1. The van der Waals surface area contributed by atoms with Crippen molar-refractivity contribution in [1.82, 2.24) is 25.6 Å². The molecule has 0 spiro atoms. The molecule has 2 rings (SSSR count). The minimum absolute atomic E-state index is 0.0513. The molecule has 1 aliphatic heterocycles. The fourth-order valence-electron chi connectivity index (χ4n) is 1.69. The quantitative estimate of drug-likeness (QED) is 0.674. The van der Waals surface area contributed by atoms with Crippen LogP contribution in [0, 0.1) is 0 Å². The lowest BCUT2D eigenvalue weighted by Crippen LogP contribution is -2.43. The number of rotatable bonds is 5. The molecule has 7 heteroatoms. The summed E-state index contributed by atoms with van der Waals surface area (Å²) in [5.74, 6) is 0.0513. The summed E-state index contributed by atoms with van der Waals surface area (Å²) in [6.07, 6.45) is 2.36. The van der Waals surface area contributed by atoms with Crippen LogP contribution in [-0.4, -0.2) is 65.6 Å². The Hall–Kier alpha value is -1.47. The van der Waals surface area contributed by atoms with Gasteiger partial charge in [0, 0.05) is 26.1 Å². The maximum atomic E-state index is 11.6. The monoisotopic (exact) mass is 239 g/mol. The smallest absolute Gasteiger partial charge is 0.234 e. The van der Waals surface area contributed by atoms with Gasteiger partial charge in [-0.2, -0.15) is 15.4 Å². The lowest BCUT2D eigenvalue weighted by Gasteiger charge is -2.25. The summed E-state index contributed by atoms with van der Waals surface area (Å²) in [7, 11) is 0. The van der Waals surface area contributed by atoms with E-state index < -0.39 is 0 Å². The first kappa shape index (κ1) is 12.0. The number of hydrogen-bond acceptors (Lipinski definition) is 5. The molecule has 0 saturated carbocycles. The fraction of sp³-hybridized carbons (Fsp3) is 0.700. The van der Waals surface area contributed by atoms with Gasteiger partial charge in [0.1, 0.15) is 0 Å². The third-order valence-corrected chi connectivity index (χ3v) is 2.64. The normalized spacial score (nSPS) is 16.9. The highest BCUT2D eigenvalue weighted by atomic mass is 16.5. The number of carbonyl (C=O) groups excluding carboxylic acids is 1. The van der Waals surface area contributed by atoms with Gasteiger partial charge in [0.05, 0.1) is 31.6 Å². The second-order valence-electron chi connectivity index (χ2n) is 3.95. The van der Waals surface area contributed by atoms with Crippen molar-refractivity contribution in [1.29, 1.82) is 0 Å². The van der Waals surface area contributed by atoms with Gasteiger partial charge in [-0.25, -0.2) is 0 Å². The second-order valence-corrected chi connectivity index (χ2v) is 3.95. The highest BCUT2D eigenvalue weighted by molar-refractivity contribution is 5.78. The maximum absolute atomic E-state index is 11.6. The Bertz CT molecular complexity index is 334. The van der Waals surface area contributed by atoms with Crippen LogP contribution in [0.4, 0.5) is 0 Å². The zero-order valence-electron chi connectivity index (χ0n) is 9.69. The van der Waals surface area contributed by atoms with Gasteiger partial charge >= 0.3 is 0 Å². The van der Waals surface area contributed by atoms with Crippen LogP contribution in [0.15, 0.2) is 6.20 Å². The maximum Gasteiger partial charge on any atom is 0.234 e. The highest BCUT2D eigenvalue weighted by Gasteiger charge is 2.13. The minimum Gasteiger partial charge on any atom is -0.379 e. The van der Waals surface area contributed by atoms with Gasteiger partial charge in [-0.1, -0.05) is 0 Å². The summed E-state index contributed by atoms with van der Waals surface area (Å²) in [6.45, 7) is 4.13. The van der Waals surface area contributed by atoms with Crippen LogP contribution >= 0.6 is 0 Å². The van der Waals surface area contributed by atoms with E-state index >= 15 is 0 Å². The lowest BCUT2D eigenvalue weighted by atomic mass is 10.3. The Morgan fingerprint density at radius 3 is 3.06 bits per heavy atom. The predicted molar refractivity (Wildman–Crippen MR) is 60.4 cm³/mol. The average Bonchev–Trinajstić information content (AvgIpc) is 2.83. The first-order valence-corrected chi connectivity index (χ1v) is 5.76. The molecular formula is C10H17N5O2. The first-order chi connectivity index (χ1) is 8.34. The van der Waals surface area contributed by atoms with Gasteiger partial charge in [-0.15, -0.1) is 0 Å². The Balaban J connectivity index is 1.60. The van der Waals surface area contributed by atoms with E-state index in [1.165, 1.54) is 0 Å². The Morgan fingerprint density at radius 1 is 1.53 bits per heavy atom. The number of hydrogen-bond donors (Lipinski definition) is 2. The molecule has 2 heterocycles. The molecule has 1 aromatic rings. The number of ether oxygens (including phenoxy) is 1. The molecule has 0 unspecified atom stereocenters. The van der Waals surface area contributed by atoms with Crippen LogP contribution in [-0.2, 0) is 16.0 Å². The highest BCUT2D eigenvalue weighted by Crippen LogP contribution is 1.95. The third-order valence-electron chi connectivity index (χ3n) is 2.64. The van der Waals surface area contributed by atoms with Crippen molar-refractivity contribution in [2.75, 3.05) is 39.4 Å². The largest absolute Gasteiger partial charge is 0.379 e. The van der Waals surface area contributed by atoms with Crippen molar-refractivity contribution in [3.8, 4) is 0 Å². The van der Waals surface area contributed by atoms with E-state index in [4.69, 9.17) is 4.74 Å². The number of nitrogens with zero attached hydrogens (tertiary/aromatic N) is 3. The molecule has 0 bridgehead atoms. The molecule has 1 saturated heterocycles. The first-order valence-electron chi connectivity index (χ1n) is 5.76. The number of nitrogens with one attached hydrogen (secondary N) is 2. The van der Waals surface area contributed by atoms with E-state index in [-0.39, 0.29) is 5.91 Å². The number of carbonyl (C=O) groups is 1. The molecule has 0 aromatic carbocycles. The molecule has 7 nitrogen and oxygen atoms in total. The number of H-pyrrole nitrogens is 1. The van der Waals surface area contributed by atoms with Crippen molar-refractivity contribution in [3.05, 3.63) is 11.9 Å². The van der Waals surface area contributed by atoms with E-state index in [9.17, 15) is 4.79 Å². The van der Waals surface area contributed by atoms with Crippen molar-refractivity contribution >= 4 is 5.91 Å². The molecule has 2 N–H and O–H groups in total. The topological polar surface area (TPSA) is 83.1 Å². The van der Waals surface area contributed by atoms with E-state index in [0.717, 1.165) is 18.8 Å². The van der Waals surface area contributed by atoms with E-state index in [1.807, 2.05) is 0 Å². The summed E-state index contributed by atoms with van der Waals surface area (Å²) in [5, 5.41) is 13.0. The molecule has 1 aliphatic rings. The number of aromatic nitrogens is 3. The van der Waals surface area contributed by atoms with Gasteiger partial charge < -0.3 is 10.1 Å². The zero-order valence-corrected chi connectivity index (χ0v) is 9.69. The van der Waals surface area contributed by atoms with Crippen LogP contribution < -0.4 is 5.32 Å². The van der Waals surface area contributed by atoms with Gasteiger partial charge in [0.2, 0.25) is 5.91 Å². The summed E-state index contributed by atoms with van der Waals surface area (Å²) in [6, 6.07) is 0. The van der Waals surface area contributed by atoms with Crippen molar-refractivity contribution in [2.45, 2.75) is 6.42 Å². The Morgan fingerprint density at radius 2 is 2.35 bits per heavy atom. The van der Waals surface area contributed by atoms with Crippen LogP contribution in [0.1, 0.15) is 5.69 Å². The Labute approximate surface area is 99.5 Å². The Kier molecular flexibility index (Phi) is 4.45. The summed E-state index contributed by atoms with van der Waals surface area (Å²) < 4.78 is 5.22. The van der Waals surface area contributed by atoms with Crippen LogP contribution in [0.3, 0.4) is 0 Å². The van der Waals surface area contributed by atoms with Crippen molar-refractivity contribution in [2.24, 2.45) is 0 Å². The molecule has 0 atom stereocenters. The lowest BCUT2D eigenvalue weighted by molar-refractivity contribution is -0.123. The molecule has 94 valence electrons. The summed E-state index contributed by atoms with van der Waals surface area (Å²) >= 11 is 0. The molecular weight excluding hydrogens is 222 g/mol. The van der Waals surface area contributed by atoms with E-state index in [2.05, 4.69) is 25.6 Å². The van der Waals surface area contributed by atoms with Gasteiger partial charge in [-0.05, 0) is 0 Å². The molecule has 1 fully saturated rings. The van der Waals surface area contributed by atoms with Crippen LogP contribution in [0.25, 0.3) is 0 Å². The molecule has 0 radical (unpaired) electrons. The molecule has 0 aliphatic carbocycles. The SMILES string of the molecule is O=C(CN1CCOCC1)NCCc1cn[nH]n1. The summed E-state index contributed by atoms with van der Waals surface area (Å²) in [5.41, 5.74) is 0.858. The number of morpholine rings is 1. The summed E-state index contributed by atoms with van der Waals surface area (Å²) in [4.78, 5) is 13.7. The van der Waals surface area contributed by atoms with Gasteiger partial charge in [0.15, 0.2) is 0 Å². The zero-order chi connectivity index (χ0) is 11.9. The minimum atomic E-state index is 0.0513. The average molecular weight is 239 g/mol. The second kappa shape index (κ2) is 6.31. The molecule has 17 heavy (non-hydrogen) atoms. The standard InChI is InChI=1S/C10H17N5O2/c16-10(8-15-3-5-17-6-4-15)11-2-1-9-7-12-14-13-9/h7H,1-6,8H2,(H,11,16)(H,12,13,14). The predicted octanol–water partition coefficient (Wildman–Crippen LogP) is -1.20.